The number of hydrogen-bond acceptors (Lipinski definition) is 3. The first-order chi connectivity index (χ1) is 10.0. The Morgan fingerprint density at radius 2 is 1.24 bits per heavy atom. The minimum absolute atomic E-state index is 0.234. The maximum atomic E-state index is 10.4. The zero-order valence-corrected chi connectivity index (χ0v) is 12.8. The molecule has 2 rings (SSSR count). The smallest absolute Gasteiger partial charge is 0.200 e. The summed E-state index contributed by atoms with van der Waals surface area (Å²) in [5.74, 6) is -0.960. The van der Waals surface area contributed by atoms with E-state index in [2.05, 4.69) is 13.8 Å². The van der Waals surface area contributed by atoms with Crippen LogP contribution < -0.4 is 0 Å². The van der Waals surface area contributed by atoms with Gasteiger partial charge in [-0.2, -0.15) is 0 Å². The van der Waals surface area contributed by atoms with Gasteiger partial charge in [0.1, 0.15) is 0 Å². The van der Waals surface area contributed by atoms with Crippen molar-refractivity contribution in [3.8, 4) is 28.4 Å². The highest BCUT2D eigenvalue weighted by Gasteiger charge is 2.21. The lowest BCUT2D eigenvalue weighted by Gasteiger charge is -2.19. The Kier molecular flexibility index (Phi) is 4.41. The van der Waals surface area contributed by atoms with E-state index >= 15 is 0 Å². The lowest BCUT2D eigenvalue weighted by molar-refractivity contribution is 0.368. The van der Waals surface area contributed by atoms with E-state index in [1.165, 1.54) is 6.07 Å². The summed E-state index contributed by atoms with van der Waals surface area (Å²) in [5.41, 5.74) is 4.71. The summed E-state index contributed by atoms with van der Waals surface area (Å²) in [4.78, 5) is 0. The van der Waals surface area contributed by atoms with Gasteiger partial charge in [0.05, 0.1) is 0 Å². The molecule has 0 radical (unpaired) electrons. The van der Waals surface area contributed by atoms with Crippen molar-refractivity contribution in [1.29, 1.82) is 0 Å². The van der Waals surface area contributed by atoms with Crippen LogP contribution in [0, 0.1) is 0 Å². The lowest BCUT2D eigenvalue weighted by atomic mass is 9.87. The largest absolute Gasteiger partial charge is 0.504 e. The van der Waals surface area contributed by atoms with Gasteiger partial charge >= 0.3 is 0 Å². The fourth-order valence-corrected chi connectivity index (χ4v) is 2.82. The molecule has 2 aromatic carbocycles. The summed E-state index contributed by atoms with van der Waals surface area (Å²) in [6.07, 6.45) is 2.35. The van der Waals surface area contributed by atoms with E-state index in [1.807, 2.05) is 25.1 Å². The van der Waals surface area contributed by atoms with Crippen molar-refractivity contribution in [3.63, 3.8) is 0 Å². The van der Waals surface area contributed by atoms with Gasteiger partial charge in [0.25, 0.3) is 0 Å². The van der Waals surface area contributed by atoms with Gasteiger partial charge in [0, 0.05) is 5.56 Å². The molecule has 0 aliphatic rings. The van der Waals surface area contributed by atoms with Crippen LogP contribution in [0.1, 0.15) is 37.5 Å². The number of aromatic hydroxyl groups is 3. The minimum Gasteiger partial charge on any atom is -0.504 e. The molecular weight excluding hydrogens is 264 g/mol. The second-order valence-electron chi connectivity index (χ2n) is 5.14. The normalized spacial score (nSPS) is 10.8. The number of hydrogen-bond donors (Lipinski definition) is 3. The van der Waals surface area contributed by atoms with Crippen molar-refractivity contribution < 1.29 is 15.3 Å². The quantitative estimate of drug-likeness (QED) is 0.740. The first kappa shape index (κ1) is 15.2. The van der Waals surface area contributed by atoms with Gasteiger partial charge in [0.2, 0.25) is 5.75 Å². The molecule has 3 N–H and O–H groups in total. The Bertz CT molecular complexity index is 638. The molecule has 0 spiro atoms. The van der Waals surface area contributed by atoms with Crippen LogP contribution in [-0.4, -0.2) is 15.3 Å². The lowest BCUT2D eigenvalue weighted by Crippen LogP contribution is -1.98. The Balaban J connectivity index is 2.87. The van der Waals surface area contributed by atoms with Crippen molar-refractivity contribution in [1.82, 2.24) is 0 Å². The number of phenolic OH excluding ortho intramolecular Hbond substituents is 3. The number of benzene rings is 2. The van der Waals surface area contributed by atoms with Gasteiger partial charge in [-0.15, -0.1) is 0 Å². The predicted molar refractivity (Wildman–Crippen MR) is 85.0 cm³/mol. The van der Waals surface area contributed by atoms with E-state index in [-0.39, 0.29) is 11.5 Å². The number of rotatable bonds is 4. The Hall–Kier alpha value is -2.16. The zero-order valence-electron chi connectivity index (χ0n) is 12.8. The molecule has 0 atom stereocenters. The molecule has 2 aromatic rings. The van der Waals surface area contributed by atoms with Crippen molar-refractivity contribution in [3.05, 3.63) is 41.0 Å². The van der Waals surface area contributed by atoms with E-state index in [0.29, 0.717) is 12.0 Å². The van der Waals surface area contributed by atoms with E-state index in [0.717, 1.165) is 35.1 Å². The van der Waals surface area contributed by atoms with Crippen LogP contribution in [-0.2, 0) is 19.3 Å². The molecule has 0 aromatic heterocycles. The first-order valence-electron chi connectivity index (χ1n) is 7.42. The van der Waals surface area contributed by atoms with E-state index in [9.17, 15) is 15.3 Å². The van der Waals surface area contributed by atoms with E-state index in [1.54, 1.807) is 0 Å². The van der Waals surface area contributed by atoms with Crippen LogP contribution in [0.4, 0.5) is 0 Å². The first-order valence-corrected chi connectivity index (χ1v) is 7.42. The molecular formula is C18H22O3. The minimum atomic E-state index is -0.449. The molecule has 0 aliphatic carbocycles. The fraction of sp³-hybridized carbons (Fsp3) is 0.333. The van der Waals surface area contributed by atoms with Gasteiger partial charge in [-0.1, -0.05) is 39.0 Å². The maximum Gasteiger partial charge on any atom is 0.200 e. The van der Waals surface area contributed by atoms with Gasteiger partial charge < -0.3 is 15.3 Å². The van der Waals surface area contributed by atoms with Crippen LogP contribution in [0.5, 0.6) is 17.2 Å². The van der Waals surface area contributed by atoms with Gasteiger partial charge in [-0.3, -0.25) is 0 Å². The van der Waals surface area contributed by atoms with Gasteiger partial charge in [-0.25, -0.2) is 0 Å². The summed E-state index contributed by atoms with van der Waals surface area (Å²) in [5, 5.41) is 30.0. The Morgan fingerprint density at radius 1 is 0.714 bits per heavy atom. The summed E-state index contributed by atoms with van der Waals surface area (Å²) in [7, 11) is 0. The summed E-state index contributed by atoms with van der Waals surface area (Å²) >= 11 is 0. The SMILES string of the molecule is CCc1cccc(CC)c1-c1c(CC)cc(O)c(O)c1O. The highest BCUT2D eigenvalue weighted by atomic mass is 16.3. The zero-order chi connectivity index (χ0) is 15.6. The standard InChI is InChI=1S/C18H22O3/c1-4-11-8-7-9-12(5-2)15(11)16-13(6-3)10-14(19)17(20)18(16)21/h7-10,19-21H,4-6H2,1-3H3. The average Bonchev–Trinajstić information content (AvgIpc) is 2.51. The molecule has 0 heterocycles. The van der Waals surface area contributed by atoms with Crippen molar-refractivity contribution in [2.45, 2.75) is 40.0 Å². The molecule has 3 nitrogen and oxygen atoms in total. The van der Waals surface area contributed by atoms with Gasteiger partial charge in [0.15, 0.2) is 11.5 Å². The van der Waals surface area contributed by atoms with Crippen LogP contribution in [0.2, 0.25) is 0 Å². The molecule has 0 fully saturated rings. The average molecular weight is 286 g/mol. The van der Waals surface area contributed by atoms with Crippen molar-refractivity contribution >= 4 is 0 Å². The second-order valence-corrected chi connectivity index (χ2v) is 5.14. The molecule has 112 valence electrons. The highest BCUT2D eigenvalue weighted by molar-refractivity contribution is 5.83. The molecule has 0 bridgehead atoms. The maximum absolute atomic E-state index is 10.4. The summed E-state index contributed by atoms with van der Waals surface area (Å²) in [6.45, 7) is 6.11. The van der Waals surface area contributed by atoms with Crippen LogP contribution in [0.25, 0.3) is 11.1 Å². The predicted octanol–water partition coefficient (Wildman–Crippen LogP) is 4.16. The van der Waals surface area contributed by atoms with E-state index in [4.69, 9.17) is 0 Å². The third-order valence-electron chi connectivity index (χ3n) is 3.97. The Morgan fingerprint density at radius 3 is 1.71 bits per heavy atom. The monoisotopic (exact) mass is 286 g/mol. The fourth-order valence-electron chi connectivity index (χ4n) is 2.82. The molecule has 3 heteroatoms. The summed E-state index contributed by atoms with van der Waals surface area (Å²) in [6, 6.07) is 7.63. The molecule has 21 heavy (non-hydrogen) atoms. The molecule has 0 unspecified atom stereocenters. The molecule has 0 saturated heterocycles. The van der Waals surface area contributed by atoms with Crippen LogP contribution in [0.3, 0.4) is 0 Å². The van der Waals surface area contributed by atoms with E-state index < -0.39 is 5.75 Å². The van der Waals surface area contributed by atoms with Crippen molar-refractivity contribution in [2.24, 2.45) is 0 Å². The third-order valence-corrected chi connectivity index (χ3v) is 3.97. The molecule has 0 amide bonds. The Labute approximate surface area is 125 Å². The number of aryl methyl sites for hydroxylation is 3. The second kappa shape index (κ2) is 6.08. The molecule has 0 aliphatic heterocycles. The van der Waals surface area contributed by atoms with Crippen molar-refractivity contribution in [2.75, 3.05) is 0 Å². The third kappa shape index (κ3) is 2.56. The topological polar surface area (TPSA) is 60.7 Å². The summed E-state index contributed by atoms with van der Waals surface area (Å²) < 4.78 is 0. The van der Waals surface area contributed by atoms with Crippen LogP contribution in [0.15, 0.2) is 24.3 Å². The molecule has 0 saturated carbocycles. The number of phenols is 3. The van der Waals surface area contributed by atoms with Crippen LogP contribution >= 0.6 is 0 Å². The highest BCUT2D eigenvalue weighted by Crippen LogP contribution is 2.47. The van der Waals surface area contributed by atoms with Gasteiger partial charge in [-0.05, 0) is 47.6 Å².